The molecule has 0 fully saturated rings. The van der Waals surface area contributed by atoms with E-state index in [-0.39, 0.29) is 17.5 Å². The standard InChI is InChI=1S/C22H23ClN4O3/c1-14-11-25(13-24-14)18-5-6-19-22(29)26(15(2)12-27(19)21(18)28)9-8-16-10-17(23)4-7-20(16)30-3/h4-7,10-11,13,15H,8-9,12H2,1-3H3/t15-/m1/s1. The van der Waals surface area contributed by atoms with Gasteiger partial charge in [0.2, 0.25) is 0 Å². The van der Waals surface area contributed by atoms with Crippen LogP contribution in [0.15, 0.2) is 47.7 Å². The quantitative estimate of drug-likeness (QED) is 0.628. The van der Waals surface area contributed by atoms with Crippen LogP contribution in [0.5, 0.6) is 5.75 Å². The van der Waals surface area contributed by atoms with Crippen LogP contribution in [0.2, 0.25) is 5.02 Å². The van der Waals surface area contributed by atoms with E-state index in [1.165, 1.54) is 0 Å². The molecule has 0 radical (unpaired) electrons. The van der Waals surface area contributed by atoms with Crippen LogP contribution >= 0.6 is 11.6 Å². The number of amides is 1. The van der Waals surface area contributed by atoms with Gasteiger partial charge >= 0.3 is 0 Å². The second-order valence-electron chi connectivity index (χ2n) is 7.50. The zero-order chi connectivity index (χ0) is 21.4. The molecule has 1 aliphatic rings. The van der Waals surface area contributed by atoms with Crippen LogP contribution in [0.3, 0.4) is 0 Å². The zero-order valence-corrected chi connectivity index (χ0v) is 17.9. The van der Waals surface area contributed by atoms with Crippen molar-refractivity contribution in [1.29, 1.82) is 0 Å². The van der Waals surface area contributed by atoms with Crippen molar-refractivity contribution in [2.24, 2.45) is 0 Å². The van der Waals surface area contributed by atoms with Crippen molar-refractivity contribution in [2.75, 3.05) is 13.7 Å². The number of carbonyl (C=O) groups is 1. The van der Waals surface area contributed by atoms with E-state index < -0.39 is 0 Å². The molecule has 4 rings (SSSR count). The maximum Gasteiger partial charge on any atom is 0.275 e. The van der Waals surface area contributed by atoms with Gasteiger partial charge in [-0.05, 0) is 56.2 Å². The average Bonchev–Trinajstić information content (AvgIpc) is 3.15. The third-order valence-corrected chi connectivity index (χ3v) is 5.70. The van der Waals surface area contributed by atoms with E-state index in [2.05, 4.69) is 4.98 Å². The van der Waals surface area contributed by atoms with E-state index in [0.717, 1.165) is 17.0 Å². The van der Waals surface area contributed by atoms with E-state index >= 15 is 0 Å². The minimum absolute atomic E-state index is 0.118. The zero-order valence-electron chi connectivity index (χ0n) is 17.1. The first-order valence-electron chi connectivity index (χ1n) is 9.77. The molecule has 3 aromatic rings. The number of hydrogen-bond donors (Lipinski definition) is 0. The number of methoxy groups -OCH3 is 1. The Morgan fingerprint density at radius 1 is 1.23 bits per heavy atom. The third kappa shape index (κ3) is 3.61. The lowest BCUT2D eigenvalue weighted by atomic mass is 10.1. The summed E-state index contributed by atoms with van der Waals surface area (Å²) in [6, 6.07) is 8.74. The van der Waals surface area contributed by atoms with Crippen LogP contribution in [0.1, 0.15) is 28.7 Å². The minimum atomic E-state index is -0.193. The first kappa shape index (κ1) is 20.2. The predicted octanol–water partition coefficient (Wildman–Crippen LogP) is 3.09. The van der Waals surface area contributed by atoms with E-state index in [1.807, 2.05) is 26.0 Å². The fraction of sp³-hybridized carbons (Fsp3) is 0.318. The van der Waals surface area contributed by atoms with Gasteiger partial charge in [-0.1, -0.05) is 11.6 Å². The summed E-state index contributed by atoms with van der Waals surface area (Å²) < 4.78 is 8.66. The summed E-state index contributed by atoms with van der Waals surface area (Å²) in [5.41, 5.74) is 2.46. The molecule has 1 amide bonds. The second kappa shape index (κ2) is 7.99. The molecule has 0 saturated heterocycles. The Labute approximate surface area is 179 Å². The highest BCUT2D eigenvalue weighted by Gasteiger charge is 2.31. The fourth-order valence-electron chi connectivity index (χ4n) is 3.90. The summed E-state index contributed by atoms with van der Waals surface area (Å²) in [7, 11) is 1.61. The first-order valence-corrected chi connectivity index (χ1v) is 10.1. The number of halogens is 1. The van der Waals surface area contributed by atoms with Gasteiger partial charge in [-0.15, -0.1) is 0 Å². The summed E-state index contributed by atoms with van der Waals surface area (Å²) in [5, 5.41) is 0.628. The largest absolute Gasteiger partial charge is 0.496 e. The number of rotatable bonds is 5. The molecular formula is C22H23ClN4O3. The summed E-state index contributed by atoms with van der Waals surface area (Å²) in [6.07, 6.45) is 4.01. The highest BCUT2D eigenvalue weighted by atomic mass is 35.5. The maximum absolute atomic E-state index is 13.2. The Morgan fingerprint density at radius 2 is 2.03 bits per heavy atom. The molecule has 0 N–H and O–H groups in total. The lowest BCUT2D eigenvalue weighted by Gasteiger charge is -2.35. The second-order valence-corrected chi connectivity index (χ2v) is 7.93. The van der Waals surface area contributed by atoms with Gasteiger partial charge in [0.1, 0.15) is 17.1 Å². The number of aryl methyl sites for hydroxylation is 1. The average molecular weight is 427 g/mol. The maximum atomic E-state index is 13.2. The highest BCUT2D eigenvalue weighted by Crippen LogP contribution is 2.25. The van der Waals surface area contributed by atoms with E-state index in [1.54, 1.807) is 51.9 Å². The number of imidazole rings is 1. The summed E-state index contributed by atoms with van der Waals surface area (Å²) in [4.78, 5) is 32.2. The molecular weight excluding hydrogens is 404 g/mol. The molecule has 2 aromatic heterocycles. The Kier molecular flexibility index (Phi) is 5.39. The topological polar surface area (TPSA) is 69.4 Å². The van der Waals surface area contributed by atoms with Gasteiger partial charge in [0.25, 0.3) is 11.5 Å². The fourth-order valence-corrected chi connectivity index (χ4v) is 4.09. The number of benzene rings is 1. The Bertz CT molecular complexity index is 1170. The van der Waals surface area contributed by atoms with Crippen LogP contribution < -0.4 is 10.3 Å². The van der Waals surface area contributed by atoms with Crippen LogP contribution in [0.25, 0.3) is 5.69 Å². The molecule has 156 valence electrons. The van der Waals surface area contributed by atoms with Gasteiger partial charge in [-0.2, -0.15) is 0 Å². The monoisotopic (exact) mass is 426 g/mol. The van der Waals surface area contributed by atoms with Crippen molar-refractivity contribution in [3.05, 3.63) is 75.2 Å². The first-order chi connectivity index (χ1) is 14.4. The van der Waals surface area contributed by atoms with Gasteiger partial charge in [0, 0.05) is 30.4 Å². The van der Waals surface area contributed by atoms with Gasteiger partial charge in [0.15, 0.2) is 0 Å². The van der Waals surface area contributed by atoms with Gasteiger partial charge < -0.3 is 18.8 Å². The van der Waals surface area contributed by atoms with E-state index in [0.29, 0.717) is 35.9 Å². The van der Waals surface area contributed by atoms with E-state index in [9.17, 15) is 9.59 Å². The summed E-state index contributed by atoms with van der Waals surface area (Å²) in [5.74, 6) is 0.591. The molecule has 0 saturated carbocycles. The number of pyridine rings is 1. The molecule has 3 heterocycles. The number of fused-ring (bicyclic) bond motifs is 1. The van der Waals surface area contributed by atoms with Crippen LogP contribution in [0.4, 0.5) is 0 Å². The molecule has 1 aliphatic heterocycles. The van der Waals surface area contributed by atoms with Crippen molar-refractivity contribution in [3.8, 4) is 11.4 Å². The van der Waals surface area contributed by atoms with Crippen LogP contribution in [-0.4, -0.2) is 44.6 Å². The molecule has 0 spiro atoms. The highest BCUT2D eigenvalue weighted by molar-refractivity contribution is 6.30. The lowest BCUT2D eigenvalue weighted by Crippen LogP contribution is -2.50. The molecule has 1 aromatic carbocycles. The van der Waals surface area contributed by atoms with E-state index in [4.69, 9.17) is 16.3 Å². The molecule has 0 unspecified atom stereocenters. The Balaban J connectivity index is 1.60. The normalized spacial score (nSPS) is 15.9. The molecule has 8 heteroatoms. The molecule has 1 atom stereocenters. The van der Waals surface area contributed by atoms with Crippen molar-refractivity contribution in [2.45, 2.75) is 32.9 Å². The van der Waals surface area contributed by atoms with Crippen LogP contribution in [-0.2, 0) is 13.0 Å². The molecule has 7 nitrogen and oxygen atoms in total. The minimum Gasteiger partial charge on any atom is -0.496 e. The number of ether oxygens (including phenoxy) is 1. The molecule has 0 aliphatic carbocycles. The van der Waals surface area contributed by atoms with Gasteiger partial charge in [0.05, 0.1) is 19.1 Å². The summed E-state index contributed by atoms with van der Waals surface area (Å²) >= 11 is 6.12. The number of carbonyl (C=O) groups excluding carboxylic acids is 1. The molecule has 30 heavy (non-hydrogen) atoms. The third-order valence-electron chi connectivity index (χ3n) is 5.47. The lowest BCUT2D eigenvalue weighted by molar-refractivity contribution is 0.0611. The van der Waals surface area contributed by atoms with Crippen molar-refractivity contribution >= 4 is 17.5 Å². The molecule has 0 bridgehead atoms. The SMILES string of the molecule is COc1ccc(Cl)cc1CCN1C(=O)c2ccc(-n3cnc(C)c3)c(=O)n2C[C@H]1C. The predicted molar refractivity (Wildman–Crippen MR) is 115 cm³/mol. The van der Waals surface area contributed by atoms with Gasteiger partial charge in [-0.3, -0.25) is 9.59 Å². The van der Waals surface area contributed by atoms with Gasteiger partial charge in [-0.25, -0.2) is 4.98 Å². The van der Waals surface area contributed by atoms with Crippen molar-refractivity contribution in [1.82, 2.24) is 19.0 Å². The smallest absolute Gasteiger partial charge is 0.275 e. The van der Waals surface area contributed by atoms with Crippen molar-refractivity contribution < 1.29 is 9.53 Å². The van der Waals surface area contributed by atoms with Crippen molar-refractivity contribution in [3.63, 3.8) is 0 Å². The van der Waals surface area contributed by atoms with Crippen LogP contribution in [0, 0.1) is 6.92 Å². The number of nitrogens with zero attached hydrogens (tertiary/aromatic N) is 4. The number of aromatic nitrogens is 3. The Hall–Kier alpha value is -3.06. The number of hydrogen-bond acceptors (Lipinski definition) is 4. The summed E-state index contributed by atoms with van der Waals surface area (Å²) in [6.45, 7) is 4.77. The Morgan fingerprint density at radius 3 is 2.73 bits per heavy atom.